The van der Waals surface area contributed by atoms with E-state index in [1.54, 1.807) is 13.0 Å². The molecule has 0 bridgehead atoms. The number of hydrogen-bond donors (Lipinski definition) is 2. The molecule has 1 amide bonds. The highest BCUT2D eigenvalue weighted by atomic mass is 35.5. The fraction of sp³-hybridized carbons (Fsp3) is 0.0769. The first kappa shape index (κ1) is 13.3. The molecule has 2 N–H and O–H groups in total. The molecule has 98 valence electrons. The summed E-state index contributed by atoms with van der Waals surface area (Å²) in [6.07, 6.45) is 1.51. The van der Waals surface area contributed by atoms with Crippen LogP contribution in [0.1, 0.15) is 15.9 Å². The molecule has 0 fully saturated rings. The topological polar surface area (TPSA) is 62.2 Å². The zero-order valence-electron chi connectivity index (χ0n) is 9.95. The van der Waals surface area contributed by atoms with Gasteiger partial charge in [0.1, 0.15) is 11.6 Å². The van der Waals surface area contributed by atoms with Crippen molar-refractivity contribution in [2.45, 2.75) is 6.92 Å². The standard InChI is InChI=1S/C13H10ClFN2O2/c1-7-4-5-16-12(14)11(7)17-13(19)9-6-8(15)2-3-10(9)18/h2-6,18H,1H3,(H,17,19). The lowest BCUT2D eigenvalue weighted by Gasteiger charge is -2.10. The van der Waals surface area contributed by atoms with Crippen molar-refractivity contribution in [1.82, 2.24) is 4.98 Å². The Labute approximate surface area is 113 Å². The highest BCUT2D eigenvalue weighted by Crippen LogP contribution is 2.25. The first-order valence-corrected chi connectivity index (χ1v) is 5.78. The van der Waals surface area contributed by atoms with Crippen LogP contribution in [-0.2, 0) is 0 Å². The molecule has 4 nitrogen and oxygen atoms in total. The van der Waals surface area contributed by atoms with Gasteiger partial charge in [-0.1, -0.05) is 11.6 Å². The molecule has 0 atom stereocenters. The van der Waals surface area contributed by atoms with Crippen molar-refractivity contribution < 1.29 is 14.3 Å². The average Bonchev–Trinajstić information content (AvgIpc) is 2.37. The molecular weight excluding hydrogens is 271 g/mol. The number of hydrogen-bond acceptors (Lipinski definition) is 3. The first-order valence-electron chi connectivity index (χ1n) is 5.40. The Bertz CT molecular complexity index is 626. The molecule has 1 heterocycles. The van der Waals surface area contributed by atoms with Gasteiger partial charge in [-0.15, -0.1) is 0 Å². The van der Waals surface area contributed by atoms with Crippen LogP contribution in [-0.4, -0.2) is 16.0 Å². The van der Waals surface area contributed by atoms with E-state index >= 15 is 0 Å². The molecule has 0 unspecified atom stereocenters. The van der Waals surface area contributed by atoms with Crippen LogP contribution in [0.25, 0.3) is 0 Å². The third kappa shape index (κ3) is 2.82. The summed E-state index contributed by atoms with van der Waals surface area (Å²) in [4.78, 5) is 15.8. The van der Waals surface area contributed by atoms with Crippen LogP contribution in [0.3, 0.4) is 0 Å². The maximum Gasteiger partial charge on any atom is 0.259 e. The van der Waals surface area contributed by atoms with Gasteiger partial charge in [0.05, 0.1) is 11.3 Å². The highest BCUT2D eigenvalue weighted by Gasteiger charge is 2.15. The van der Waals surface area contributed by atoms with Gasteiger partial charge in [0.15, 0.2) is 5.15 Å². The third-order valence-electron chi connectivity index (χ3n) is 2.55. The number of phenols is 1. The van der Waals surface area contributed by atoms with Gasteiger partial charge in [0.25, 0.3) is 5.91 Å². The van der Waals surface area contributed by atoms with E-state index in [4.69, 9.17) is 11.6 Å². The van der Waals surface area contributed by atoms with E-state index in [1.165, 1.54) is 6.20 Å². The number of rotatable bonds is 2. The Hall–Kier alpha value is -2.14. The third-order valence-corrected chi connectivity index (χ3v) is 2.84. The molecule has 0 spiro atoms. The number of aromatic hydroxyl groups is 1. The Morgan fingerprint density at radius 1 is 1.42 bits per heavy atom. The molecule has 1 aromatic carbocycles. The lowest BCUT2D eigenvalue weighted by atomic mass is 10.1. The largest absolute Gasteiger partial charge is 0.507 e. The fourth-order valence-electron chi connectivity index (χ4n) is 1.55. The van der Waals surface area contributed by atoms with Gasteiger partial charge in [-0.05, 0) is 36.8 Å². The number of phenolic OH excluding ortho intramolecular Hbond substituents is 1. The van der Waals surface area contributed by atoms with Gasteiger partial charge in [-0.25, -0.2) is 9.37 Å². The predicted octanol–water partition coefficient (Wildman–Crippen LogP) is 3.14. The predicted molar refractivity (Wildman–Crippen MR) is 70.0 cm³/mol. The lowest BCUT2D eigenvalue weighted by Crippen LogP contribution is -2.14. The van der Waals surface area contributed by atoms with E-state index in [0.29, 0.717) is 11.3 Å². The summed E-state index contributed by atoms with van der Waals surface area (Å²) in [5.74, 6) is -1.58. The van der Waals surface area contributed by atoms with E-state index in [9.17, 15) is 14.3 Å². The number of aromatic nitrogens is 1. The van der Waals surface area contributed by atoms with Gasteiger partial charge >= 0.3 is 0 Å². The second-order valence-corrected chi connectivity index (χ2v) is 4.27. The quantitative estimate of drug-likeness (QED) is 0.831. The van der Waals surface area contributed by atoms with Crippen molar-refractivity contribution in [1.29, 1.82) is 0 Å². The molecule has 0 saturated heterocycles. The van der Waals surface area contributed by atoms with Crippen LogP contribution in [0.15, 0.2) is 30.5 Å². The number of nitrogens with one attached hydrogen (secondary N) is 1. The molecule has 2 aromatic rings. The lowest BCUT2D eigenvalue weighted by molar-refractivity contribution is 0.102. The average molecular weight is 281 g/mol. The zero-order chi connectivity index (χ0) is 14.0. The SMILES string of the molecule is Cc1ccnc(Cl)c1NC(=O)c1cc(F)ccc1O. The van der Waals surface area contributed by atoms with Crippen molar-refractivity contribution in [2.75, 3.05) is 5.32 Å². The minimum atomic E-state index is -0.657. The minimum Gasteiger partial charge on any atom is -0.507 e. The number of pyridine rings is 1. The Morgan fingerprint density at radius 2 is 2.16 bits per heavy atom. The molecule has 0 saturated carbocycles. The van der Waals surface area contributed by atoms with Crippen molar-refractivity contribution in [3.8, 4) is 5.75 Å². The first-order chi connectivity index (χ1) is 8.99. The van der Waals surface area contributed by atoms with Gasteiger partial charge in [0, 0.05) is 6.20 Å². The number of amides is 1. The van der Waals surface area contributed by atoms with E-state index < -0.39 is 11.7 Å². The summed E-state index contributed by atoms with van der Waals surface area (Å²) >= 11 is 5.87. The van der Waals surface area contributed by atoms with Gasteiger partial charge in [0.2, 0.25) is 0 Å². The number of aryl methyl sites for hydroxylation is 1. The van der Waals surface area contributed by atoms with Crippen LogP contribution in [0.2, 0.25) is 5.15 Å². The number of anilines is 1. The van der Waals surface area contributed by atoms with Crippen molar-refractivity contribution in [3.63, 3.8) is 0 Å². The van der Waals surface area contributed by atoms with Crippen LogP contribution in [0.4, 0.5) is 10.1 Å². The Kier molecular flexibility index (Phi) is 3.66. The fourth-order valence-corrected chi connectivity index (χ4v) is 1.80. The van der Waals surface area contributed by atoms with Gasteiger partial charge in [-0.2, -0.15) is 0 Å². The summed E-state index contributed by atoms with van der Waals surface area (Å²) < 4.78 is 13.1. The number of carbonyl (C=O) groups is 1. The normalized spacial score (nSPS) is 10.3. The van der Waals surface area contributed by atoms with E-state index in [2.05, 4.69) is 10.3 Å². The Morgan fingerprint density at radius 3 is 2.84 bits per heavy atom. The maximum absolute atomic E-state index is 13.1. The smallest absolute Gasteiger partial charge is 0.259 e. The van der Waals surface area contributed by atoms with Crippen LogP contribution >= 0.6 is 11.6 Å². The van der Waals surface area contributed by atoms with Crippen molar-refractivity contribution in [3.05, 3.63) is 52.6 Å². The van der Waals surface area contributed by atoms with E-state index in [0.717, 1.165) is 18.2 Å². The zero-order valence-corrected chi connectivity index (χ0v) is 10.7. The molecule has 19 heavy (non-hydrogen) atoms. The summed E-state index contributed by atoms with van der Waals surface area (Å²) in [6, 6.07) is 4.80. The molecular formula is C13H10ClFN2O2. The van der Waals surface area contributed by atoms with Crippen molar-refractivity contribution in [2.24, 2.45) is 0 Å². The number of nitrogens with zero attached hydrogens (tertiary/aromatic N) is 1. The summed E-state index contributed by atoms with van der Waals surface area (Å²) in [6.45, 7) is 1.74. The molecule has 0 aliphatic heterocycles. The second-order valence-electron chi connectivity index (χ2n) is 3.91. The van der Waals surface area contributed by atoms with E-state index in [-0.39, 0.29) is 16.5 Å². The summed E-state index contributed by atoms with van der Waals surface area (Å²) in [5, 5.41) is 12.2. The monoisotopic (exact) mass is 280 g/mol. The molecule has 6 heteroatoms. The summed E-state index contributed by atoms with van der Waals surface area (Å²) in [5.41, 5.74) is 0.876. The minimum absolute atomic E-state index is 0.129. The van der Waals surface area contributed by atoms with Crippen LogP contribution in [0.5, 0.6) is 5.75 Å². The summed E-state index contributed by atoms with van der Waals surface area (Å²) in [7, 11) is 0. The van der Waals surface area contributed by atoms with Gasteiger partial charge < -0.3 is 10.4 Å². The highest BCUT2D eigenvalue weighted by molar-refractivity contribution is 6.32. The molecule has 0 aliphatic carbocycles. The van der Waals surface area contributed by atoms with E-state index in [1.807, 2.05) is 0 Å². The van der Waals surface area contributed by atoms with Crippen LogP contribution in [0, 0.1) is 12.7 Å². The number of halogens is 2. The van der Waals surface area contributed by atoms with Gasteiger partial charge in [-0.3, -0.25) is 4.79 Å². The number of benzene rings is 1. The second kappa shape index (κ2) is 5.24. The maximum atomic E-state index is 13.1. The van der Waals surface area contributed by atoms with Crippen molar-refractivity contribution >= 4 is 23.2 Å². The number of carbonyl (C=O) groups excluding carboxylic acids is 1. The Balaban J connectivity index is 2.34. The molecule has 0 aliphatic rings. The molecule has 1 aromatic heterocycles. The molecule has 0 radical (unpaired) electrons. The molecule has 2 rings (SSSR count). The van der Waals surface area contributed by atoms with Crippen LogP contribution < -0.4 is 5.32 Å².